The van der Waals surface area contributed by atoms with Crippen molar-refractivity contribution in [3.8, 4) is 11.5 Å². The molecule has 1 fully saturated rings. The van der Waals surface area contributed by atoms with Crippen molar-refractivity contribution in [2.45, 2.75) is 6.92 Å². The standard InChI is InChI=1S/C22H19Cl2NO3S2/c1-3-8-25-21(26)20(30-22(25)29)13-15-12-16(23)4-7-19(15)28-10-9-27-17-5-6-18(24)14(2)11-17/h3-7,11-13H,1,8-10H2,2H3/b20-13-. The molecule has 2 aromatic carbocycles. The van der Waals surface area contributed by atoms with Crippen molar-refractivity contribution < 1.29 is 14.3 Å². The van der Waals surface area contributed by atoms with Gasteiger partial charge in [0.2, 0.25) is 0 Å². The van der Waals surface area contributed by atoms with Gasteiger partial charge in [-0.1, -0.05) is 53.3 Å². The van der Waals surface area contributed by atoms with Crippen molar-refractivity contribution >= 4 is 63.5 Å². The number of rotatable bonds is 8. The number of benzene rings is 2. The van der Waals surface area contributed by atoms with Gasteiger partial charge in [0.05, 0.1) is 4.91 Å². The first kappa shape index (κ1) is 22.7. The average Bonchev–Trinajstić information content (AvgIpc) is 2.97. The molecule has 0 radical (unpaired) electrons. The Labute approximate surface area is 195 Å². The largest absolute Gasteiger partial charge is 0.490 e. The molecule has 0 saturated carbocycles. The van der Waals surface area contributed by atoms with E-state index >= 15 is 0 Å². The lowest BCUT2D eigenvalue weighted by atomic mass is 10.2. The molecular formula is C22H19Cl2NO3S2. The Morgan fingerprint density at radius 3 is 2.67 bits per heavy atom. The quantitative estimate of drug-likeness (QED) is 0.196. The number of carbonyl (C=O) groups is 1. The molecule has 0 unspecified atom stereocenters. The molecule has 0 aliphatic carbocycles. The fourth-order valence-electron chi connectivity index (χ4n) is 2.71. The van der Waals surface area contributed by atoms with Gasteiger partial charge in [-0.3, -0.25) is 9.69 Å². The number of ether oxygens (including phenoxy) is 2. The molecular weight excluding hydrogens is 461 g/mol. The first-order chi connectivity index (χ1) is 14.4. The summed E-state index contributed by atoms with van der Waals surface area (Å²) in [5.74, 6) is 1.17. The number of hydrogen-bond donors (Lipinski definition) is 0. The molecule has 1 aliphatic rings. The zero-order valence-corrected chi connectivity index (χ0v) is 19.3. The van der Waals surface area contributed by atoms with E-state index in [2.05, 4.69) is 6.58 Å². The Bertz CT molecular complexity index is 1020. The molecule has 1 saturated heterocycles. The van der Waals surface area contributed by atoms with Gasteiger partial charge < -0.3 is 9.47 Å². The number of halogens is 2. The third-order valence-corrected chi connectivity index (χ3v) is 6.22. The van der Waals surface area contributed by atoms with E-state index in [-0.39, 0.29) is 5.91 Å². The highest BCUT2D eigenvalue weighted by atomic mass is 35.5. The van der Waals surface area contributed by atoms with Crippen LogP contribution in [0.4, 0.5) is 0 Å². The van der Waals surface area contributed by atoms with E-state index in [4.69, 9.17) is 44.9 Å². The second kappa shape index (κ2) is 10.4. The minimum Gasteiger partial charge on any atom is -0.490 e. The van der Waals surface area contributed by atoms with Gasteiger partial charge in [-0.15, -0.1) is 6.58 Å². The Kier molecular flexibility index (Phi) is 7.83. The molecule has 1 amide bonds. The van der Waals surface area contributed by atoms with Crippen LogP contribution < -0.4 is 9.47 Å². The summed E-state index contributed by atoms with van der Waals surface area (Å²) in [6.45, 7) is 6.63. The molecule has 3 rings (SSSR count). The summed E-state index contributed by atoms with van der Waals surface area (Å²) in [5.41, 5.74) is 1.65. The zero-order valence-electron chi connectivity index (χ0n) is 16.2. The van der Waals surface area contributed by atoms with Gasteiger partial charge in [0.25, 0.3) is 5.91 Å². The molecule has 1 heterocycles. The number of hydrogen-bond acceptors (Lipinski definition) is 5. The van der Waals surface area contributed by atoms with Gasteiger partial charge in [-0.2, -0.15) is 0 Å². The van der Waals surface area contributed by atoms with Crippen molar-refractivity contribution in [3.63, 3.8) is 0 Å². The van der Waals surface area contributed by atoms with E-state index in [0.29, 0.717) is 50.3 Å². The lowest BCUT2D eigenvalue weighted by Crippen LogP contribution is -2.27. The molecule has 0 N–H and O–H groups in total. The molecule has 0 spiro atoms. The monoisotopic (exact) mass is 479 g/mol. The van der Waals surface area contributed by atoms with E-state index in [1.54, 1.807) is 36.4 Å². The molecule has 4 nitrogen and oxygen atoms in total. The van der Waals surface area contributed by atoms with E-state index in [1.165, 1.54) is 16.7 Å². The highest BCUT2D eigenvalue weighted by molar-refractivity contribution is 8.26. The van der Waals surface area contributed by atoms with Crippen molar-refractivity contribution in [2.75, 3.05) is 19.8 Å². The Morgan fingerprint density at radius 2 is 1.93 bits per heavy atom. The fourth-order valence-corrected chi connectivity index (χ4v) is 4.27. The highest BCUT2D eigenvalue weighted by Gasteiger charge is 2.31. The number of thiocarbonyl (C=S) groups is 1. The summed E-state index contributed by atoms with van der Waals surface area (Å²) in [5, 5.41) is 1.24. The molecule has 156 valence electrons. The van der Waals surface area contributed by atoms with Crippen LogP contribution in [0.1, 0.15) is 11.1 Å². The zero-order chi connectivity index (χ0) is 21.7. The SMILES string of the molecule is C=CCN1C(=O)/C(=C/c2cc(Cl)ccc2OCCOc2ccc(Cl)c(C)c2)SC1=S. The summed E-state index contributed by atoms with van der Waals surface area (Å²) < 4.78 is 12.1. The van der Waals surface area contributed by atoms with E-state index in [1.807, 2.05) is 19.1 Å². The van der Waals surface area contributed by atoms with Crippen LogP contribution in [-0.4, -0.2) is 34.9 Å². The number of thioether (sulfide) groups is 1. The van der Waals surface area contributed by atoms with Crippen LogP contribution in [0.5, 0.6) is 11.5 Å². The lowest BCUT2D eigenvalue weighted by molar-refractivity contribution is -0.121. The lowest BCUT2D eigenvalue weighted by Gasteiger charge is -2.12. The molecule has 1 aliphatic heterocycles. The molecule has 30 heavy (non-hydrogen) atoms. The predicted octanol–water partition coefficient (Wildman–Crippen LogP) is 6.15. The maximum Gasteiger partial charge on any atom is 0.266 e. The Morgan fingerprint density at radius 1 is 1.17 bits per heavy atom. The number of carbonyl (C=O) groups excluding carboxylic acids is 1. The molecule has 8 heteroatoms. The van der Waals surface area contributed by atoms with Gasteiger partial charge in [0.15, 0.2) is 0 Å². The summed E-state index contributed by atoms with van der Waals surface area (Å²) in [4.78, 5) is 14.6. The summed E-state index contributed by atoms with van der Waals surface area (Å²) in [6, 6.07) is 10.7. The summed E-state index contributed by atoms with van der Waals surface area (Å²) >= 11 is 18.7. The van der Waals surface area contributed by atoms with Gasteiger partial charge in [0.1, 0.15) is 29.0 Å². The average molecular weight is 480 g/mol. The third kappa shape index (κ3) is 5.58. The normalized spacial score (nSPS) is 15.0. The first-order valence-electron chi connectivity index (χ1n) is 9.06. The van der Waals surface area contributed by atoms with Crippen molar-refractivity contribution in [1.29, 1.82) is 0 Å². The maximum absolute atomic E-state index is 12.6. The van der Waals surface area contributed by atoms with E-state index < -0.39 is 0 Å². The fraction of sp³-hybridized carbons (Fsp3) is 0.182. The number of amides is 1. The molecule has 0 aromatic heterocycles. The second-order valence-corrected chi connectivity index (χ2v) is 8.89. The van der Waals surface area contributed by atoms with Crippen molar-refractivity contribution in [3.05, 3.63) is 75.1 Å². The minimum atomic E-state index is -0.155. The van der Waals surface area contributed by atoms with Crippen LogP contribution in [0.2, 0.25) is 10.0 Å². The minimum absolute atomic E-state index is 0.155. The molecule has 0 atom stereocenters. The smallest absolute Gasteiger partial charge is 0.266 e. The molecule has 0 bridgehead atoms. The van der Waals surface area contributed by atoms with Crippen LogP contribution >= 0.6 is 47.2 Å². The van der Waals surface area contributed by atoms with Gasteiger partial charge >= 0.3 is 0 Å². The Balaban J connectivity index is 1.68. The van der Waals surface area contributed by atoms with Gasteiger partial charge in [0, 0.05) is 22.2 Å². The van der Waals surface area contributed by atoms with Crippen LogP contribution in [-0.2, 0) is 4.79 Å². The molecule has 2 aromatic rings. The summed E-state index contributed by atoms with van der Waals surface area (Å²) in [6.07, 6.45) is 3.39. The van der Waals surface area contributed by atoms with Crippen LogP contribution in [0.15, 0.2) is 54.0 Å². The van der Waals surface area contributed by atoms with E-state index in [0.717, 1.165) is 11.3 Å². The predicted molar refractivity (Wildman–Crippen MR) is 129 cm³/mol. The van der Waals surface area contributed by atoms with Crippen LogP contribution in [0.25, 0.3) is 6.08 Å². The van der Waals surface area contributed by atoms with Crippen LogP contribution in [0, 0.1) is 6.92 Å². The number of nitrogens with zero attached hydrogens (tertiary/aromatic N) is 1. The van der Waals surface area contributed by atoms with Gasteiger partial charge in [-0.05, 0) is 55.0 Å². The number of aryl methyl sites for hydroxylation is 1. The van der Waals surface area contributed by atoms with Crippen molar-refractivity contribution in [1.82, 2.24) is 4.90 Å². The van der Waals surface area contributed by atoms with Gasteiger partial charge in [-0.25, -0.2) is 0 Å². The summed E-state index contributed by atoms with van der Waals surface area (Å²) in [7, 11) is 0. The Hall–Kier alpha value is -1.99. The van der Waals surface area contributed by atoms with Crippen LogP contribution in [0.3, 0.4) is 0 Å². The highest BCUT2D eigenvalue weighted by Crippen LogP contribution is 2.35. The first-order valence-corrected chi connectivity index (χ1v) is 11.0. The van der Waals surface area contributed by atoms with E-state index in [9.17, 15) is 4.79 Å². The topological polar surface area (TPSA) is 38.8 Å². The maximum atomic E-state index is 12.6. The van der Waals surface area contributed by atoms with Crippen molar-refractivity contribution in [2.24, 2.45) is 0 Å². The third-order valence-electron chi connectivity index (χ3n) is 4.18. The second-order valence-electron chi connectivity index (χ2n) is 6.37.